The van der Waals surface area contributed by atoms with Crippen LogP contribution in [0.5, 0.6) is 0 Å². The number of pyridine rings is 1. The van der Waals surface area contributed by atoms with Crippen LogP contribution in [0.3, 0.4) is 0 Å². The van der Waals surface area contributed by atoms with Crippen LogP contribution in [-0.4, -0.2) is 15.2 Å². The van der Waals surface area contributed by atoms with Gasteiger partial charge < -0.3 is 5.73 Å². The van der Waals surface area contributed by atoms with Gasteiger partial charge in [0.1, 0.15) is 0 Å². The Kier molecular flexibility index (Phi) is 3.46. The maximum absolute atomic E-state index is 6.09. The molecular formula is C14H10BrClN4. The van der Waals surface area contributed by atoms with E-state index in [2.05, 4.69) is 31.1 Å². The first-order valence-corrected chi connectivity index (χ1v) is 7.04. The van der Waals surface area contributed by atoms with Crippen LogP contribution in [0.2, 0.25) is 5.02 Å². The van der Waals surface area contributed by atoms with Crippen molar-refractivity contribution in [3.63, 3.8) is 0 Å². The largest absolute Gasteiger partial charge is 0.382 e. The molecule has 0 spiro atoms. The van der Waals surface area contributed by atoms with E-state index in [9.17, 15) is 0 Å². The number of hydrogen-bond acceptors (Lipinski definition) is 3. The molecule has 2 aromatic heterocycles. The van der Waals surface area contributed by atoms with Gasteiger partial charge in [0.2, 0.25) is 0 Å². The summed E-state index contributed by atoms with van der Waals surface area (Å²) >= 11 is 9.53. The number of aromatic nitrogens is 3. The van der Waals surface area contributed by atoms with Gasteiger partial charge in [0.15, 0.2) is 5.82 Å². The maximum atomic E-state index is 6.09. The molecule has 0 aliphatic rings. The predicted molar refractivity (Wildman–Crippen MR) is 84.4 cm³/mol. The Morgan fingerprint density at radius 2 is 2.05 bits per heavy atom. The number of aromatic amines is 1. The Morgan fingerprint density at radius 3 is 2.75 bits per heavy atom. The highest BCUT2D eigenvalue weighted by Gasteiger charge is 2.16. The highest BCUT2D eigenvalue weighted by atomic mass is 79.9. The van der Waals surface area contributed by atoms with Gasteiger partial charge in [-0.3, -0.25) is 10.1 Å². The predicted octanol–water partition coefficient (Wildman–Crippen LogP) is 4.14. The summed E-state index contributed by atoms with van der Waals surface area (Å²) in [7, 11) is 0. The number of nitrogens with one attached hydrogen (secondary N) is 1. The van der Waals surface area contributed by atoms with Gasteiger partial charge in [-0.1, -0.05) is 33.6 Å². The standard InChI is InChI=1S/C14H10BrClN4/c15-9-5-8(6-10(16)7-9)13-12(14(17)20-19-13)11-3-1-2-4-18-11/h1-7H,(H3,17,19,20). The molecule has 0 saturated heterocycles. The fourth-order valence-electron chi connectivity index (χ4n) is 2.03. The molecule has 100 valence electrons. The summed E-state index contributed by atoms with van der Waals surface area (Å²) in [4.78, 5) is 4.33. The fourth-order valence-corrected chi connectivity index (χ4v) is 2.89. The van der Waals surface area contributed by atoms with Gasteiger partial charge in [-0.25, -0.2) is 0 Å². The average molecular weight is 350 g/mol. The second-order valence-electron chi connectivity index (χ2n) is 4.23. The van der Waals surface area contributed by atoms with Crippen LogP contribution >= 0.6 is 27.5 Å². The third-order valence-electron chi connectivity index (χ3n) is 2.87. The summed E-state index contributed by atoms with van der Waals surface area (Å²) in [5, 5.41) is 7.67. The van der Waals surface area contributed by atoms with Crippen molar-refractivity contribution in [1.82, 2.24) is 15.2 Å². The second-order valence-corrected chi connectivity index (χ2v) is 5.58. The zero-order valence-electron chi connectivity index (χ0n) is 10.3. The van der Waals surface area contributed by atoms with E-state index in [4.69, 9.17) is 17.3 Å². The van der Waals surface area contributed by atoms with Crippen molar-refractivity contribution in [1.29, 1.82) is 0 Å². The van der Waals surface area contributed by atoms with Crippen LogP contribution in [0.1, 0.15) is 0 Å². The minimum Gasteiger partial charge on any atom is -0.382 e. The molecule has 0 bridgehead atoms. The summed E-state index contributed by atoms with van der Waals surface area (Å²) in [6.45, 7) is 0. The van der Waals surface area contributed by atoms with Gasteiger partial charge in [0.25, 0.3) is 0 Å². The van der Waals surface area contributed by atoms with Crippen LogP contribution in [0.4, 0.5) is 5.82 Å². The van der Waals surface area contributed by atoms with Crippen molar-refractivity contribution >= 4 is 33.3 Å². The van der Waals surface area contributed by atoms with Crippen LogP contribution in [0, 0.1) is 0 Å². The number of nitrogens with two attached hydrogens (primary N) is 1. The number of hydrogen-bond donors (Lipinski definition) is 2. The van der Waals surface area contributed by atoms with Gasteiger partial charge in [-0.15, -0.1) is 0 Å². The van der Waals surface area contributed by atoms with Crippen LogP contribution < -0.4 is 5.73 Å². The summed E-state index contributed by atoms with van der Waals surface area (Å²) in [6, 6.07) is 11.3. The van der Waals surface area contributed by atoms with E-state index >= 15 is 0 Å². The Bertz CT molecular complexity index is 735. The summed E-state index contributed by atoms with van der Waals surface area (Å²) in [5.41, 5.74) is 9.20. The maximum Gasteiger partial charge on any atom is 0.155 e. The molecule has 20 heavy (non-hydrogen) atoms. The zero-order chi connectivity index (χ0) is 14.1. The van der Waals surface area contributed by atoms with Crippen molar-refractivity contribution in [2.75, 3.05) is 5.73 Å². The lowest BCUT2D eigenvalue weighted by molar-refractivity contribution is 1.10. The number of H-pyrrole nitrogens is 1. The van der Waals surface area contributed by atoms with Crippen LogP contribution in [0.25, 0.3) is 22.5 Å². The Hall–Kier alpha value is -1.85. The van der Waals surface area contributed by atoms with E-state index in [1.54, 1.807) is 6.20 Å². The molecule has 0 radical (unpaired) electrons. The highest BCUT2D eigenvalue weighted by molar-refractivity contribution is 9.10. The first-order valence-electron chi connectivity index (χ1n) is 5.87. The van der Waals surface area contributed by atoms with Crippen molar-refractivity contribution in [2.24, 2.45) is 0 Å². The van der Waals surface area contributed by atoms with Crippen LogP contribution in [0.15, 0.2) is 47.1 Å². The fraction of sp³-hybridized carbons (Fsp3) is 0. The zero-order valence-corrected chi connectivity index (χ0v) is 12.6. The molecule has 0 aliphatic carbocycles. The summed E-state index contributed by atoms with van der Waals surface area (Å²) in [6.07, 6.45) is 1.72. The molecule has 0 saturated carbocycles. The van der Waals surface area contributed by atoms with Gasteiger partial charge >= 0.3 is 0 Å². The third-order valence-corrected chi connectivity index (χ3v) is 3.54. The van der Waals surface area contributed by atoms with E-state index < -0.39 is 0 Å². The number of rotatable bonds is 2. The molecule has 0 aliphatic heterocycles. The molecule has 0 atom stereocenters. The quantitative estimate of drug-likeness (QED) is 0.730. The smallest absolute Gasteiger partial charge is 0.155 e. The van der Waals surface area contributed by atoms with E-state index in [-0.39, 0.29) is 0 Å². The van der Waals surface area contributed by atoms with Crippen molar-refractivity contribution in [3.8, 4) is 22.5 Å². The minimum absolute atomic E-state index is 0.412. The van der Waals surface area contributed by atoms with E-state index in [0.29, 0.717) is 10.8 Å². The number of nitrogen functional groups attached to an aromatic ring is 1. The molecule has 3 aromatic rings. The first kappa shape index (κ1) is 13.1. The van der Waals surface area contributed by atoms with Crippen molar-refractivity contribution < 1.29 is 0 Å². The Balaban J connectivity index is 2.21. The SMILES string of the molecule is Nc1n[nH]c(-c2cc(Cl)cc(Br)c2)c1-c1ccccn1. The van der Waals surface area contributed by atoms with Crippen LogP contribution in [-0.2, 0) is 0 Å². The lowest BCUT2D eigenvalue weighted by Crippen LogP contribution is -1.90. The lowest BCUT2D eigenvalue weighted by Gasteiger charge is -2.05. The molecule has 3 N–H and O–H groups in total. The summed E-state index contributed by atoms with van der Waals surface area (Å²) < 4.78 is 0.889. The second kappa shape index (κ2) is 5.26. The molecule has 0 unspecified atom stereocenters. The van der Waals surface area contributed by atoms with Gasteiger partial charge in [0, 0.05) is 21.3 Å². The molecule has 4 nitrogen and oxygen atoms in total. The molecule has 6 heteroatoms. The first-order chi connectivity index (χ1) is 9.65. The highest BCUT2D eigenvalue weighted by Crippen LogP contribution is 2.35. The normalized spacial score (nSPS) is 10.7. The molecule has 3 rings (SSSR count). The molecule has 1 aromatic carbocycles. The molecule has 0 amide bonds. The Labute approximate surface area is 129 Å². The summed E-state index contributed by atoms with van der Waals surface area (Å²) in [5.74, 6) is 0.412. The number of benzene rings is 1. The monoisotopic (exact) mass is 348 g/mol. The number of anilines is 1. The number of halogens is 2. The minimum atomic E-state index is 0.412. The molecular weight excluding hydrogens is 340 g/mol. The molecule has 0 fully saturated rings. The third kappa shape index (κ3) is 2.42. The van der Waals surface area contributed by atoms with Gasteiger partial charge in [0.05, 0.1) is 17.0 Å². The van der Waals surface area contributed by atoms with E-state index in [1.807, 2.05) is 36.4 Å². The molecule has 2 heterocycles. The topological polar surface area (TPSA) is 67.6 Å². The van der Waals surface area contributed by atoms with E-state index in [0.717, 1.165) is 27.0 Å². The lowest BCUT2D eigenvalue weighted by atomic mass is 10.0. The number of nitrogens with zero attached hydrogens (tertiary/aromatic N) is 2. The van der Waals surface area contributed by atoms with Crippen molar-refractivity contribution in [3.05, 3.63) is 52.1 Å². The van der Waals surface area contributed by atoms with Gasteiger partial charge in [-0.05, 0) is 30.3 Å². The van der Waals surface area contributed by atoms with E-state index in [1.165, 1.54) is 0 Å². The van der Waals surface area contributed by atoms with Crippen molar-refractivity contribution in [2.45, 2.75) is 0 Å². The Morgan fingerprint density at radius 1 is 1.20 bits per heavy atom. The average Bonchev–Trinajstić information content (AvgIpc) is 2.80. The van der Waals surface area contributed by atoms with Gasteiger partial charge in [-0.2, -0.15) is 5.10 Å².